The van der Waals surface area contributed by atoms with Gasteiger partial charge in [-0.05, 0) is 40.7 Å². The molecule has 0 atom stereocenters. The normalized spacial score (nSPS) is 19.4. The van der Waals surface area contributed by atoms with Crippen LogP contribution < -0.4 is 5.32 Å². The molecule has 1 amide bonds. The molecule has 162 valence electrons. The van der Waals surface area contributed by atoms with Gasteiger partial charge in [0.15, 0.2) is 0 Å². The lowest BCUT2D eigenvalue weighted by Crippen LogP contribution is -2.64. The van der Waals surface area contributed by atoms with Crippen molar-refractivity contribution in [2.75, 3.05) is 13.1 Å². The van der Waals surface area contributed by atoms with Gasteiger partial charge in [0.25, 0.3) is 0 Å². The zero-order chi connectivity index (χ0) is 22.3. The third-order valence-electron chi connectivity index (χ3n) is 5.81. The Hall–Kier alpha value is -2.45. The van der Waals surface area contributed by atoms with Gasteiger partial charge in [0.05, 0.1) is 10.6 Å². The monoisotopic (exact) mass is 430 g/mol. The molecule has 1 N–H and O–H groups in total. The number of rotatable bonds is 5. The lowest BCUT2D eigenvalue weighted by Gasteiger charge is -2.52. The Labute approximate surface area is 178 Å². The molecular weight excluding hydrogens is 400 g/mol. The van der Waals surface area contributed by atoms with Crippen molar-refractivity contribution in [3.8, 4) is 11.3 Å². The molecular formula is C22H30N4O3S. The second-order valence-electron chi connectivity index (χ2n) is 9.26. The number of carbonyl (C=O) groups excluding carboxylic acids is 1. The van der Waals surface area contributed by atoms with Crippen molar-refractivity contribution in [1.82, 2.24) is 19.4 Å². The number of hydrogen-bond acceptors (Lipinski definition) is 4. The number of benzene rings is 1. The van der Waals surface area contributed by atoms with Gasteiger partial charge in [-0.3, -0.25) is 9.48 Å². The number of hydrogen-bond donors (Lipinski definition) is 1. The maximum atomic E-state index is 13.4. The number of piperidine rings is 1. The first-order valence-electron chi connectivity index (χ1n) is 9.90. The van der Waals surface area contributed by atoms with Crippen LogP contribution in [0.2, 0.25) is 0 Å². The average Bonchev–Trinajstić information content (AvgIpc) is 3.09. The molecule has 1 aliphatic heterocycles. The molecule has 0 aliphatic carbocycles. The first-order valence-corrected chi connectivity index (χ1v) is 11.3. The van der Waals surface area contributed by atoms with E-state index in [2.05, 4.69) is 17.0 Å². The molecule has 0 radical (unpaired) electrons. The number of amides is 1. The molecule has 3 rings (SSSR count). The lowest BCUT2D eigenvalue weighted by molar-refractivity contribution is -0.120. The third-order valence-corrected chi connectivity index (χ3v) is 7.62. The summed E-state index contributed by atoms with van der Waals surface area (Å²) in [6.07, 6.45) is 2.96. The molecule has 30 heavy (non-hydrogen) atoms. The van der Waals surface area contributed by atoms with E-state index in [1.165, 1.54) is 10.4 Å². The van der Waals surface area contributed by atoms with Gasteiger partial charge in [-0.2, -0.15) is 9.40 Å². The topological polar surface area (TPSA) is 84.3 Å². The Morgan fingerprint density at radius 3 is 2.17 bits per heavy atom. The van der Waals surface area contributed by atoms with E-state index in [-0.39, 0.29) is 16.8 Å². The minimum absolute atomic E-state index is 0.186. The van der Waals surface area contributed by atoms with Gasteiger partial charge < -0.3 is 5.32 Å². The van der Waals surface area contributed by atoms with Gasteiger partial charge in [-0.15, -0.1) is 0 Å². The van der Waals surface area contributed by atoms with Crippen LogP contribution >= 0.6 is 0 Å². The van der Waals surface area contributed by atoms with Crippen LogP contribution in [-0.4, -0.2) is 47.5 Å². The third kappa shape index (κ3) is 4.06. The largest absolute Gasteiger partial charge is 0.349 e. The number of aryl methyl sites for hydroxylation is 1. The summed E-state index contributed by atoms with van der Waals surface area (Å²) in [4.78, 5) is 12.2. The van der Waals surface area contributed by atoms with Crippen molar-refractivity contribution in [3.05, 3.63) is 49.2 Å². The zero-order valence-corrected chi connectivity index (χ0v) is 19.0. The van der Waals surface area contributed by atoms with Crippen LogP contribution in [0.4, 0.5) is 0 Å². The van der Waals surface area contributed by atoms with Crippen LogP contribution in [0, 0.1) is 10.8 Å². The van der Waals surface area contributed by atoms with E-state index >= 15 is 0 Å². The standard InChI is InChI=1S/C22H30N4O3S/c1-7-19(27)24-20-21(2,3)14-26(15-22(20,4)5)30(28,29)17-10-8-16(9-11-17)18-12-13-23-25(18)6/h7-13,20H,1,14-15H2,2-6H3,(H,24,27). The summed E-state index contributed by atoms with van der Waals surface area (Å²) in [6, 6.07) is 8.59. The smallest absolute Gasteiger partial charge is 0.243 e. The molecule has 8 heteroatoms. The number of nitrogens with one attached hydrogen (secondary N) is 1. The van der Waals surface area contributed by atoms with Crippen molar-refractivity contribution in [2.24, 2.45) is 17.9 Å². The molecule has 1 fully saturated rings. The molecule has 2 heterocycles. The first kappa shape index (κ1) is 22.2. The number of carbonyl (C=O) groups is 1. The van der Waals surface area contributed by atoms with Crippen LogP contribution in [0.3, 0.4) is 0 Å². The fraction of sp³-hybridized carbons (Fsp3) is 0.455. The second kappa shape index (κ2) is 7.67. The summed E-state index contributed by atoms with van der Waals surface area (Å²) in [7, 11) is -1.83. The molecule has 1 aromatic carbocycles. The molecule has 1 aliphatic rings. The van der Waals surface area contributed by atoms with Crippen molar-refractivity contribution in [2.45, 2.75) is 38.6 Å². The highest BCUT2D eigenvalue weighted by Gasteiger charge is 2.50. The molecule has 1 saturated heterocycles. The fourth-order valence-electron chi connectivity index (χ4n) is 4.57. The van der Waals surface area contributed by atoms with Gasteiger partial charge in [0, 0.05) is 32.4 Å². The number of aromatic nitrogens is 2. The van der Waals surface area contributed by atoms with E-state index in [1.807, 2.05) is 40.8 Å². The van der Waals surface area contributed by atoms with Crippen LogP contribution in [-0.2, 0) is 21.9 Å². The number of sulfonamides is 1. The average molecular weight is 431 g/mol. The minimum Gasteiger partial charge on any atom is -0.349 e. The van der Waals surface area contributed by atoms with E-state index in [4.69, 9.17) is 0 Å². The van der Waals surface area contributed by atoms with Crippen LogP contribution in [0.15, 0.2) is 54.1 Å². The van der Waals surface area contributed by atoms with Gasteiger partial charge in [-0.1, -0.05) is 46.4 Å². The summed E-state index contributed by atoms with van der Waals surface area (Å²) < 4.78 is 30.1. The lowest BCUT2D eigenvalue weighted by atomic mass is 9.67. The van der Waals surface area contributed by atoms with E-state index in [9.17, 15) is 13.2 Å². The SMILES string of the molecule is C=CC(=O)NC1C(C)(C)CN(S(=O)(=O)c2ccc(-c3ccnn3C)cc2)CC1(C)C. The van der Waals surface area contributed by atoms with Gasteiger partial charge in [0.2, 0.25) is 15.9 Å². The molecule has 0 saturated carbocycles. The number of nitrogens with zero attached hydrogens (tertiary/aromatic N) is 3. The maximum absolute atomic E-state index is 13.4. The predicted molar refractivity (Wildman–Crippen MR) is 117 cm³/mol. The Morgan fingerprint density at radius 2 is 1.70 bits per heavy atom. The van der Waals surface area contributed by atoms with Crippen molar-refractivity contribution in [1.29, 1.82) is 0 Å². The van der Waals surface area contributed by atoms with Crippen molar-refractivity contribution in [3.63, 3.8) is 0 Å². The summed E-state index contributed by atoms with van der Waals surface area (Å²) in [6.45, 7) is 12.1. The molecule has 0 unspecified atom stereocenters. The Balaban J connectivity index is 1.89. The maximum Gasteiger partial charge on any atom is 0.243 e. The van der Waals surface area contributed by atoms with Crippen molar-refractivity contribution < 1.29 is 13.2 Å². The summed E-state index contributed by atoms with van der Waals surface area (Å²) >= 11 is 0. The highest BCUT2D eigenvalue weighted by atomic mass is 32.2. The highest BCUT2D eigenvalue weighted by molar-refractivity contribution is 7.89. The van der Waals surface area contributed by atoms with Gasteiger partial charge in [-0.25, -0.2) is 8.42 Å². The quantitative estimate of drug-likeness (QED) is 0.740. The van der Waals surface area contributed by atoms with E-state index in [0.29, 0.717) is 13.1 Å². The Morgan fingerprint density at radius 1 is 1.13 bits per heavy atom. The molecule has 0 bridgehead atoms. The first-order chi connectivity index (χ1) is 13.9. The highest BCUT2D eigenvalue weighted by Crippen LogP contribution is 2.42. The summed E-state index contributed by atoms with van der Waals surface area (Å²) in [5.74, 6) is -0.247. The summed E-state index contributed by atoms with van der Waals surface area (Å²) in [5.41, 5.74) is 0.907. The zero-order valence-electron chi connectivity index (χ0n) is 18.2. The van der Waals surface area contributed by atoms with Gasteiger partial charge >= 0.3 is 0 Å². The molecule has 7 nitrogen and oxygen atoms in total. The van der Waals surface area contributed by atoms with Crippen molar-refractivity contribution >= 4 is 15.9 Å². The predicted octanol–water partition coefficient (Wildman–Crippen LogP) is 2.81. The summed E-state index contributed by atoms with van der Waals surface area (Å²) in [5, 5.41) is 7.16. The second-order valence-corrected chi connectivity index (χ2v) is 11.2. The van der Waals surface area contributed by atoms with Crippen LogP contribution in [0.25, 0.3) is 11.3 Å². The molecule has 2 aromatic rings. The van der Waals surface area contributed by atoms with E-state index < -0.39 is 20.9 Å². The van der Waals surface area contributed by atoms with Crippen LogP contribution in [0.5, 0.6) is 0 Å². The van der Waals surface area contributed by atoms with Crippen LogP contribution in [0.1, 0.15) is 27.7 Å². The van der Waals surface area contributed by atoms with E-state index in [1.54, 1.807) is 35.1 Å². The molecule has 0 spiro atoms. The minimum atomic E-state index is -3.68. The van der Waals surface area contributed by atoms with E-state index in [0.717, 1.165) is 11.3 Å². The Bertz CT molecular complexity index is 1030. The molecule has 1 aromatic heterocycles. The fourth-order valence-corrected chi connectivity index (χ4v) is 6.35. The van der Waals surface area contributed by atoms with Gasteiger partial charge in [0.1, 0.15) is 0 Å². The Kier molecular flexibility index (Phi) is 5.68.